The number of nitrogens with one attached hydrogen (secondary N) is 2. The number of amides is 1. The second-order valence-corrected chi connectivity index (χ2v) is 10.8. The monoisotopic (exact) mass is 607 g/mol. The smallest absolute Gasteiger partial charge is 0.351 e. The maximum absolute atomic E-state index is 15.0. The Kier molecular flexibility index (Phi) is 15.2. The zero-order valence-electron chi connectivity index (χ0n) is 25.9. The molecule has 6 nitrogen and oxygen atoms in total. The number of carbonyl (C=O) groups excluding carboxylic acids is 1. The Morgan fingerprint density at radius 3 is 2.40 bits per heavy atom. The van der Waals surface area contributed by atoms with Crippen molar-refractivity contribution < 1.29 is 22.4 Å². The fraction of sp³-hybridized carbons (Fsp3) is 0.545. The van der Waals surface area contributed by atoms with Gasteiger partial charge in [0.15, 0.2) is 0 Å². The number of alkyl halides is 3. The molecule has 240 valence electrons. The molecule has 0 radical (unpaired) electrons. The van der Waals surface area contributed by atoms with Gasteiger partial charge in [0.1, 0.15) is 17.6 Å². The van der Waals surface area contributed by atoms with Gasteiger partial charge in [0.2, 0.25) is 0 Å². The highest BCUT2D eigenvalue weighted by Crippen LogP contribution is 2.38. The van der Waals surface area contributed by atoms with E-state index in [9.17, 15) is 18.0 Å². The lowest BCUT2D eigenvalue weighted by Gasteiger charge is -2.32. The van der Waals surface area contributed by atoms with E-state index in [4.69, 9.17) is 11.5 Å². The molecule has 43 heavy (non-hydrogen) atoms. The summed E-state index contributed by atoms with van der Waals surface area (Å²) < 4.78 is 55.0. The van der Waals surface area contributed by atoms with E-state index in [0.29, 0.717) is 17.3 Å². The lowest BCUT2D eigenvalue weighted by molar-refractivity contribution is -0.137. The van der Waals surface area contributed by atoms with E-state index in [0.717, 1.165) is 56.7 Å². The van der Waals surface area contributed by atoms with Crippen LogP contribution in [-0.4, -0.2) is 36.1 Å². The van der Waals surface area contributed by atoms with Crippen LogP contribution in [-0.2, 0) is 11.3 Å². The van der Waals surface area contributed by atoms with Crippen LogP contribution >= 0.6 is 0 Å². The lowest BCUT2D eigenvalue weighted by Crippen LogP contribution is -2.37. The van der Waals surface area contributed by atoms with Crippen molar-refractivity contribution in [2.45, 2.75) is 97.4 Å². The van der Waals surface area contributed by atoms with Crippen LogP contribution in [0.4, 0.5) is 28.9 Å². The van der Waals surface area contributed by atoms with Crippen molar-refractivity contribution in [2.75, 3.05) is 23.7 Å². The SMILES string of the molecule is CC.CCCCN(CCC)C(CCC1CC1)c1ccc(F)c(NC(=O)/C(=C/C(N)C(F)(F)F)Nc2cccc(CN)c2)c1. The van der Waals surface area contributed by atoms with Gasteiger partial charge in [0, 0.05) is 18.3 Å². The zero-order chi connectivity index (χ0) is 32.0. The molecule has 1 aliphatic rings. The summed E-state index contributed by atoms with van der Waals surface area (Å²) in [7, 11) is 0. The standard InChI is InChI=1S/C31H43F4N5O.C2H6/c1-3-5-16-40(15-4-2)28(14-11-21-9-10-21)23-12-13-25(32)26(18-23)39-30(41)27(19-29(37)31(33,34)35)38-24-8-6-7-22(17-24)20-36;1-2/h6-8,12-13,17-19,21,28-29,38H,3-5,9-11,14-16,20,36-37H2,1-2H3,(H,39,41);1-2H3/b27-19-;. The van der Waals surface area contributed by atoms with Crippen LogP contribution in [0, 0.1) is 11.7 Å². The van der Waals surface area contributed by atoms with Crippen molar-refractivity contribution in [3.05, 3.63) is 71.2 Å². The second-order valence-electron chi connectivity index (χ2n) is 10.8. The molecule has 6 N–H and O–H groups in total. The van der Waals surface area contributed by atoms with Crippen LogP contribution < -0.4 is 22.1 Å². The largest absolute Gasteiger partial charge is 0.407 e. The van der Waals surface area contributed by atoms with Crippen LogP contribution in [0.2, 0.25) is 0 Å². The van der Waals surface area contributed by atoms with Gasteiger partial charge in [-0.2, -0.15) is 13.2 Å². The maximum Gasteiger partial charge on any atom is 0.407 e. The van der Waals surface area contributed by atoms with Gasteiger partial charge in [-0.15, -0.1) is 0 Å². The van der Waals surface area contributed by atoms with E-state index >= 15 is 4.39 Å². The minimum atomic E-state index is -4.77. The number of rotatable bonds is 16. The van der Waals surface area contributed by atoms with E-state index < -0.39 is 29.6 Å². The number of nitrogens with two attached hydrogens (primary N) is 2. The zero-order valence-corrected chi connectivity index (χ0v) is 25.9. The molecule has 2 aromatic carbocycles. The first kappa shape index (κ1) is 36.2. The Morgan fingerprint density at radius 1 is 1.07 bits per heavy atom. The van der Waals surface area contributed by atoms with Crippen molar-refractivity contribution in [1.29, 1.82) is 0 Å². The quantitative estimate of drug-likeness (QED) is 0.115. The molecule has 0 spiro atoms. The molecule has 2 unspecified atom stereocenters. The summed E-state index contributed by atoms with van der Waals surface area (Å²) in [4.78, 5) is 15.7. The Balaban J connectivity index is 0.00000316. The highest BCUT2D eigenvalue weighted by Gasteiger charge is 2.36. The fourth-order valence-corrected chi connectivity index (χ4v) is 4.85. The van der Waals surface area contributed by atoms with Crippen molar-refractivity contribution in [3.8, 4) is 0 Å². The maximum atomic E-state index is 15.0. The molecule has 2 atom stereocenters. The lowest BCUT2D eigenvalue weighted by atomic mass is 9.97. The Morgan fingerprint density at radius 2 is 1.79 bits per heavy atom. The topological polar surface area (TPSA) is 96.4 Å². The third kappa shape index (κ3) is 11.9. The van der Waals surface area contributed by atoms with Gasteiger partial charge in [0.05, 0.1) is 5.69 Å². The van der Waals surface area contributed by atoms with Crippen LogP contribution in [0.15, 0.2) is 54.2 Å². The summed E-state index contributed by atoms with van der Waals surface area (Å²) in [5.41, 5.74) is 12.4. The molecule has 10 heteroatoms. The Hall–Kier alpha value is -2.95. The molecule has 1 aliphatic carbocycles. The van der Waals surface area contributed by atoms with Gasteiger partial charge in [-0.05, 0) is 86.2 Å². The third-order valence-corrected chi connectivity index (χ3v) is 7.33. The molecule has 0 aliphatic heterocycles. The molecular formula is C33H49F4N5O. The van der Waals surface area contributed by atoms with E-state index in [1.165, 1.54) is 18.9 Å². The van der Waals surface area contributed by atoms with Crippen LogP contribution in [0.1, 0.15) is 89.8 Å². The van der Waals surface area contributed by atoms with Gasteiger partial charge in [0.25, 0.3) is 5.91 Å². The highest BCUT2D eigenvalue weighted by molar-refractivity contribution is 6.05. The molecular weight excluding hydrogens is 558 g/mol. The van der Waals surface area contributed by atoms with Gasteiger partial charge in [-0.1, -0.05) is 65.2 Å². The number of halogens is 4. The van der Waals surface area contributed by atoms with Gasteiger partial charge in [-0.3, -0.25) is 9.69 Å². The minimum absolute atomic E-state index is 0.0455. The summed E-state index contributed by atoms with van der Waals surface area (Å²) in [5.74, 6) is -0.894. The van der Waals surface area contributed by atoms with Crippen LogP contribution in [0.5, 0.6) is 0 Å². The molecule has 0 saturated heterocycles. The molecule has 1 fully saturated rings. The summed E-state index contributed by atoms with van der Waals surface area (Å²) in [6.45, 7) is 10.3. The molecule has 1 saturated carbocycles. The fourth-order valence-electron chi connectivity index (χ4n) is 4.85. The van der Waals surface area contributed by atoms with Crippen molar-refractivity contribution in [3.63, 3.8) is 0 Å². The van der Waals surface area contributed by atoms with Crippen molar-refractivity contribution in [2.24, 2.45) is 17.4 Å². The number of nitrogens with zero attached hydrogens (tertiary/aromatic N) is 1. The number of hydrogen-bond donors (Lipinski definition) is 4. The Labute approximate surface area is 254 Å². The molecule has 0 aromatic heterocycles. The minimum Gasteiger partial charge on any atom is -0.351 e. The van der Waals surface area contributed by atoms with E-state index in [1.54, 1.807) is 36.4 Å². The van der Waals surface area contributed by atoms with Gasteiger partial charge in [-0.25, -0.2) is 4.39 Å². The highest BCUT2D eigenvalue weighted by atomic mass is 19.4. The normalized spacial score (nSPS) is 15.0. The summed E-state index contributed by atoms with van der Waals surface area (Å²) in [5, 5.41) is 5.21. The van der Waals surface area contributed by atoms with Crippen LogP contribution in [0.25, 0.3) is 0 Å². The number of unbranched alkanes of at least 4 members (excludes halogenated alkanes) is 1. The van der Waals surface area contributed by atoms with Crippen molar-refractivity contribution >= 4 is 17.3 Å². The predicted octanol–water partition coefficient (Wildman–Crippen LogP) is 7.88. The molecule has 3 rings (SSSR count). The number of carbonyl (C=O) groups is 1. The van der Waals surface area contributed by atoms with Crippen molar-refractivity contribution in [1.82, 2.24) is 4.90 Å². The number of hydrogen-bond acceptors (Lipinski definition) is 5. The summed E-state index contributed by atoms with van der Waals surface area (Å²) in [6.07, 6.45) is 3.34. The van der Waals surface area contributed by atoms with Crippen LogP contribution in [0.3, 0.4) is 0 Å². The first-order valence-corrected chi connectivity index (χ1v) is 15.5. The average Bonchev–Trinajstić information content (AvgIpc) is 3.82. The summed E-state index contributed by atoms with van der Waals surface area (Å²) >= 11 is 0. The first-order valence-electron chi connectivity index (χ1n) is 15.5. The Bertz CT molecular complexity index is 1170. The molecule has 0 bridgehead atoms. The molecule has 2 aromatic rings. The van der Waals surface area contributed by atoms with E-state index in [2.05, 4.69) is 29.4 Å². The van der Waals surface area contributed by atoms with E-state index in [1.807, 2.05) is 13.8 Å². The first-order chi connectivity index (χ1) is 20.5. The third-order valence-electron chi connectivity index (χ3n) is 7.33. The van der Waals surface area contributed by atoms with Gasteiger partial charge >= 0.3 is 6.18 Å². The van der Waals surface area contributed by atoms with E-state index in [-0.39, 0.29) is 18.3 Å². The average molecular weight is 608 g/mol. The summed E-state index contributed by atoms with van der Waals surface area (Å²) in [6, 6.07) is 8.91. The van der Waals surface area contributed by atoms with Gasteiger partial charge < -0.3 is 22.1 Å². The second kappa shape index (κ2) is 18.0. The molecule has 1 amide bonds. The number of anilines is 2. The number of benzene rings is 2. The predicted molar refractivity (Wildman–Crippen MR) is 168 cm³/mol. The molecule has 0 heterocycles.